The number of aromatic nitrogens is 3. The van der Waals surface area contributed by atoms with Crippen LogP contribution < -0.4 is 4.74 Å². The number of ether oxygens (including phenoxy) is 1. The number of hydrogen-bond donors (Lipinski definition) is 2. The van der Waals surface area contributed by atoms with Gasteiger partial charge in [-0.2, -0.15) is 22.6 Å². The minimum atomic E-state index is -5.00. The fourth-order valence-electron chi connectivity index (χ4n) is 5.22. The van der Waals surface area contributed by atoms with E-state index < -0.39 is 39.4 Å². The lowest BCUT2D eigenvalue weighted by atomic mass is 9.98. The van der Waals surface area contributed by atoms with Gasteiger partial charge in [-0.05, 0) is 60.7 Å². The zero-order valence-corrected chi connectivity index (χ0v) is 25.3. The van der Waals surface area contributed by atoms with Crippen LogP contribution in [0.5, 0.6) is 5.75 Å². The van der Waals surface area contributed by atoms with Crippen LogP contribution in [0, 0.1) is 6.92 Å². The predicted octanol–water partition coefficient (Wildman–Crippen LogP) is 5.09. The third-order valence-electron chi connectivity index (χ3n) is 7.46. The summed E-state index contributed by atoms with van der Waals surface area (Å²) in [5.74, 6) is -2.85. The van der Waals surface area contributed by atoms with Crippen molar-refractivity contribution in [1.29, 1.82) is 0 Å². The number of hydrogen-bond acceptors (Lipinski definition) is 7. The van der Waals surface area contributed by atoms with Gasteiger partial charge in [-0.15, -0.1) is 0 Å². The van der Waals surface area contributed by atoms with Crippen LogP contribution in [0.25, 0.3) is 17.1 Å². The van der Waals surface area contributed by atoms with Crippen molar-refractivity contribution < 1.29 is 46.1 Å². The van der Waals surface area contributed by atoms with E-state index >= 15 is 0 Å². The van der Waals surface area contributed by atoms with Crippen LogP contribution in [0.2, 0.25) is 0 Å². The number of aromatic carboxylic acids is 1. The second-order valence-corrected chi connectivity index (χ2v) is 12.9. The number of halogens is 3. The molecule has 2 aromatic carbocycles. The number of aliphatic carboxylic acids is 1. The third-order valence-corrected chi connectivity index (χ3v) is 9.36. The van der Waals surface area contributed by atoms with Crippen LogP contribution in [-0.2, 0) is 40.6 Å². The van der Waals surface area contributed by atoms with Gasteiger partial charge in [0, 0.05) is 25.1 Å². The molecule has 5 rings (SSSR count). The fraction of sp³-hybridized carbons (Fsp3) is 0.290. The van der Waals surface area contributed by atoms with E-state index in [0.29, 0.717) is 28.6 Å². The molecule has 0 radical (unpaired) electrons. The number of carboxylic acids is 2. The van der Waals surface area contributed by atoms with Gasteiger partial charge in [0.1, 0.15) is 17.9 Å². The average molecular weight is 659 g/mol. The number of fused-ring (bicyclic) bond motifs is 1. The SMILES string of the molecule is Cc1ccc(OCc2ccc3c(c2)CCN(S(=O)(=O)CCCC(=O)O)C3)c(-c2cccc(-n3ncc(C(=O)O)c3C(F)(F)F)n2)c1. The molecular weight excluding hydrogens is 629 g/mol. The maximum absolute atomic E-state index is 13.8. The van der Waals surface area contributed by atoms with E-state index in [0.717, 1.165) is 22.3 Å². The highest BCUT2D eigenvalue weighted by Crippen LogP contribution is 2.35. The van der Waals surface area contributed by atoms with Crippen molar-refractivity contribution in [3.8, 4) is 22.8 Å². The van der Waals surface area contributed by atoms with Gasteiger partial charge in [0.25, 0.3) is 0 Å². The van der Waals surface area contributed by atoms with Crippen LogP contribution in [-0.4, -0.2) is 61.9 Å². The molecule has 0 fully saturated rings. The predicted molar refractivity (Wildman–Crippen MR) is 159 cm³/mol. The van der Waals surface area contributed by atoms with Gasteiger partial charge in [-0.1, -0.05) is 35.9 Å². The van der Waals surface area contributed by atoms with E-state index in [9.17, 15) is 36.3 Å². The van der Waals surface area contributed by atoms with Crippen molar-refractivity contribution in [2.24, 2.45) is 0 Å². The second kappa shape index (κ2) is 12.9. The number of nitrogens with zero attached hydrogens (tertiary/aromatic N) is 4. The van der Waals surface area contributed by atoms with Gasteiger partial charge in [-0.25, -0.2) is 22.9 Å². The molecule has 0 aliphatic carbocycles. The first kappa shape index (κ1) is 32.6. The molecule has 3 heterocycles. The Labute approximate surface area is 261 Å². The molecule has 15 heteroatoms. The van der Waals surface area contributed by atoms with E-state index in [-0.39, 0.29) is 49.8 Å². The number of alkyl halides is 3. The highest BCUT2D eigenvalue weighted by Gasteiger charge is 2.41. The summed E-state index contributed by atoms with van der Waals surface area (Å²) in [6.07, 6.45) is -4.05. The van der Waals surface area contributed by atoms with Gasteiger partial charge in [0.05, 0.1) is 17.6 Å². The standard InChI is InChI=1S/C31H29F3N4O7S/c1-19-7-10-26(23(14-19)25-4-2-5-27(36-25)38-29(31(32,33)34)24(16-35-38)30(41)42)45-18-20-8-9-22-17-37(12-11-21(22)15-20)46(43,44)13-3-6-28(39)40/h2,4-5,7-10,14-16H,3,6,11-13,17-18H2,1H3,(H,39,40)(H,41,42). The third kappa shape index (κ3) is 7.21. The summed E-state index contributed by atoms with van der Waals surface area (Å²) in [6.45, 7) is 2.44. The van der Waals surface area contributed by atoms with E-state index in [2.05, 4.69) is 10.1 Å². The fourth-order valence-corrected chi connectivity index (χ4v) is 6.69. The number of sulfonamides is 1. The molecule has 1 aliphatic rings. The Morgan fingerprint density at radius 1 is 1.04 bits per heavy atom. The number of pyridine rings is 1. The lowest BCUT2D eigenvalue weighted by Crippen LogP contribution is -2.37. The molecule has 0 saturated heterocycles. The first-order chi connectivity index (χ1) is 21.7. The summed E-state index contributed by atoms with van der Waals surface area (Å²) in [5.41, 5.74) is 1.82. The lowest BCUT2D eigenvalue weighted by Gasteiger charge is -2.28. The molecule has 11 nitrogen and oxygen atoms in total. The molecule has 2 aromatic heterocycles. The molecule has 0 amide bonds. The Balaban J connectivity index is 1.35. The highest BCUT2D eigenvalue weighted by molar-refractivity contribution is 7.89. The average Bonchev–Trinajstić information content (AvgIpc) is 3.47. The zero-order valence-electron chi connectivity index (χ0n) is 24.5. The molecule has 0 saturated carbocycles. The molecule has 242 valence electrons. The minimum absolute atomic E-state index is 0.0433. The molecule has 0 unspecified atom stereocenters. The Bertz CT molecular complexity index is 1910. The van der Waals surface area contributed by atoms with E-state index in [1.807, 2.05) is 31.2 Å². The number of benzene rings is 2. The summed E-state index contributed by atoms with van der Waals surface area (Å²) in [5, 5.41) is 21.7. The van der Waals surface area contributed by atoms with Crippen molar-refractivity contribution in [3.63, 3.8) is 0 Å². The summed E-state index contributed by atoms with van der Waals surface area (Å²) in [4.78, 5) is 26.6. The smallest absolute Gasteiger partial charge is 0.434 e. The molecule has 1 aliphatic heterocycles. The van der Waals surface area contributed by atoms with Crippen LogP contribution in [0.1, 0.15) is 51.1 Å². The van der Waals surface area contributed by atoms with Crippen molar-refractivity contribution in [2.75, 3.05) is 12.3 Å². The summed E-state index contributed by atoms with van der Waals surface area (Å²) in [7, 11) is -3.59. The number of rotatable bonds is 11. The second-order valence-electron chi connectivity index (χ2n) is 10.8. The first-order valence-electron chi connectivity index (χ1n) is 14.1. The van der Waals surface area contributed by atoms with Crippen molar-refractivity contribution in [1.82, 2.24) is 19.1 Å². The van der Waals surface area contributed by atoms with Crippen LogP contribution >= 0.6 is 0 Å². The van der Waals surface area contributed by atoms with Gasteiger partial charge in [-0.3, -0.25) is 4.79 Å². The summed E-state index contributed by atoms with van der Waals surface area (Å²) < 4.78 is 74.8. The summed E-state index contributed by atoms with van der Waals surface area (Å²) in [6, 6.07) is 15.3. The normalized spacial score (nSPS) is 13.7. The molecule has 0 bridgehead atoms. The number of carboxylic acid groups (broad SMARTS) is 2. The Morgan fingerprint density at radius 3 is 2.54 bits per heavy atom. The van der Waals surface area contributed by atoms with Crippen LogP contribution in [0.4, 0.5) is 13.2 Å². The number of carbonyl (C=O) groups is 2. The monoisotopic (exact) mass is 658 g/mol. The van der Waals surface area contributed by atoms with Crippen LogP contribution in [0.3, 0.4) is 0 Å². The molecule has 4 aromatic rings. The highest BCUT2D eigenvalue weighted by atomic mass is 32.2. The minimum Gasteiger partial charge on any atom is -0.488 e. The van der Waals surface area contributed by atoms with Gasteiger partial charge in [0.15, 0.2) is 11.5 Å². The van der Waals surface area contributed by atoms with Crippen molar-refractivity contribution in [2.45, 2.75) is 45.5 Å². The largest absolute Gasteiger partial charge is 0.488 e. The molecule has 0 atom stereocenters. The quantitative estimate of drug-likeness (QED) is 0.225. The van der Waals surface area contributed by atoms with E-state index in [1.54, 1.807) is 18.2 Å². The first-order valence-corrected chi connectivity index (χ1v) is 15.7. The Morgan fingerprint density at radius 2 is 1.83 bits per heavy atom. The molecular formula is C31H29F3N4O7S. The zero-order chi connectivity index (χ0) is 33.2. The van der Waals surface area contributed by atoms with Crippen LogP contribution in [0.15, 0.2) is 60.8 Å². The number of aryl methyl sites for hydroxylation is 1. The molecule has 0 spiro atoms. The lowest BCUT2D eigenvalue weighted by molar-refractivity contribution is -0.143. The topological polar surface area (TPSA) is 152 Å². The van der Waals surface area contributed by atoms with Gasteiger partial charge >= 0.3 is 18.1 Å². The van der Waals surface area contributed by atoms with E-state index in [4.69, 9.17) is 9.84 Å². The summed E-state index contributed by atoms with van der Waals surface area (Å²) >= 11 is 0. The maximum Gasteiger partial charge on any atom is 0.434 e. The van der Waals surface area contributed by atoms with Gasteiger partial charge < -0.3 is 14.9 Å². The molecule has 46 heavy (non-hydrogen) atoms. The Kier molecular flexibility index (Phi) is 9.17. The van der Waals surface area contributed by atoms with Gasteiger partial charge in [0.2, 0.25) is 10.0 Å². The molecule has 2 N–H and O–H groups in total. The van der Waals surface area contributed by atoms with E-state index in [1.165, 1.54) is 16.4 Å². The van der Waals surface area contributed by atoms with Crippen molar-refractivity contribution >= 4 is 22.0 Å². The van der Waals surface area contributed by atoms with Crippen molar-refractivity contribution in [3.05, 3.63) is 94.3 Å². The Hall–Kier alpha value is -4.76. The maximum atomic E-state index is 13.8.